The summed E-state index contributed by atoms with van der Waals surface area (Å²) in [6.45, 7) is 0.983. The van der Waals surface area contributed by atoms with Crippen molar-refractivity contribution in [1.29, 1.82) is 0 Å². The maximum atomic E-state index is 12.4. The maximum absolute atomic E-state index is 12.4. The molecule has 1 aliphatic rings. The molecule has 0 spiro atoms. The Labute approximate surface area is 177 Å². The van der Waals surface area contributed by atoms with Crippen LogP contribution in [0.25, 0.3) is 10.8 Å². The Balaban J connectivity index is 1.39. The van der Waals surface area contributed by atoms with E-state index < -0.39 is 18.4 Å². The molecule has 1 fully saturated rings. The number of ether oxygens (including phenoxy) is 1. The number of aromatic nitrogens is 3. The van der Waals surface area contributed by atoms with E-state index in [1.807, 2.05) is 0 Å². The summed E-state index contributed by atoms with van der Waals surface area (Å²) in [6.07, 6.45) is 3.23. The van der Waals surface area contributed by atoms with Crippen LogP contribution in [0.4, 0.5) is 0 Å². The molecule has 1 saturated heterocycles. The molecule has 1 amide bonds. The number of rotatable bonds is 6. The van der Waals surface area contributed by atoms with Crippen molar-refractivity contribution < 1.29 is 19.1 Å². The fraction of sp³-hybridized carbons (Fsp3) is 0.318. The molecule has 1 N–H and O–H groups in total. The van der Waals surface area contributed by atoms with Gasteiger partial charge in [0.05, 0.1) is 17.5 Å². The molecular formula is C22H22N4O5. The molecule has 2 aromatic heterocycles. The Morgan fingerprint density at radius 2 is 1.84 bits per heavy atom. The molecule has 9 nitrogen and oxygen atoms in total. The highest BCUT2D eigenvalue weighted by Gasteiger charge is 2.22. The summed E-state index contributed by atoms with van der Waals surface area (Å²) in [7, 11) is 1.51. The van der Waals surface area contributed by atoms with Crippen LogP contribution in [0.15, 0.2) is 41.3 Å². The zero-order chi connectivity index (χ0) is 22.0. The van der Waals surface area contributed by atoms with Crippen LogP contribution in [0.5, 0.6) is 0 Å². The molecule has 0 aliphatic carbocycles. The van der Waals surface area contributed by atoms with Crippen LogP contribution in [0.1, 0.15) is 39.4 Å². The minimum absolute atomic E-state index is 0.138. The molecule has 0 radical (unpaired) electrons. The Morgan fingerprint density at radius 1 is 1.13 bits per heavy atom. The van der Waals surface area contributed by atoms with E-state index in [2.05, 4.69) is 10.1 Å². The number of fused-ring (bicyclic) bond motifs is 1. The molecule has 0 unspecified atom stereocenters. The second-order valence-electron chi connectivity index (χ2n) is 7.48. The van der Waals surface area contributed by atoms with Gasteiger partial charge >= 0.3 is 5.97 Å². The average molecular weight is 422 g/mol. The molecule has 4 rings (SSSR count). The van der Waals surface area contributed by atoms with E-state index in [9.17, 15) is 19.2 Å². The minimum Gasteiger partial charge on any atom is -0.457 e. The second-order valence-corrected chi connectivity index (χ2v) is 7.48. The highest BCUT2D eigenvalue weighted by atomic mass is 16.5. The van der Waals surface area contributed by atoms with Crippen molar-refractivity contribution in [1.82, 2.24) is 19.7 Å². The standard InChI is InChI=1S/C22H22N4O5/c1-25-21(29)16-7-3-2-6-15(16)17(24-25)11-20(28)31-13-19(27)14-10-18(23-12-14)22(30)26-8-4-5-9-26/h2-3,6-7,10,12,23H,4-5,8-9,11,13H2,1H3. The predicted octanol–water partition coefficient (Wildman–Crippen LogP) is 1.47. The molecule has 3 heterocycles. The number of amides is 1. The minimum atomic E-state index is -0.631. The van der Waals surface area contributed by atoms with Gasteiger partial charge in [-0.2, -0.15) is 5.10 Å². The van der Waals surface area contributed by atoms with E-state index in [0.29, 0.717) is 35.2 Å². The molecule has 0 atom stereocenters. The summed E-state index contributed by atoms with van der Waals surface area (Å²) in [4.78, 5) is 53.8. The number of aromatic amines is 1. The van der Waals surface area contributed by atoms with Crippen molar-refractivity contribution in [2.45, 2.75) is 19.3 Å². The molecule has 0 bridgehead atoms. The van der Waals surface area contributed by atoms with Gasteiger partial charge in [0, 0.05) is 37.3 Å². The van der Waals surface area contributed by atoms with Crippen LogP contribution in [-0.2, 0) is 23.0 Å². The van der Waals surface area contributed by atoms with Gasteiger partial charge in [0.2, 0.25) is 5.78 Å². The molecule has 9 heteroatoms. The molecule has 1 aromatic carbocycles. The zero-order valence-electron chi connectivity index (χ0n) is 17.1. The van der Waals surface area contributed by atoms with Gasteiger partial charge in [0.15, 0.2) is 6.61 Å². The zero-order valence-corrected chi connectivity index (χ0v) is 17.1. The first-order valence-electron chi connectivity index (χ1n) is 10.1. The van der Waals surface area contributed by atoms with Crippen LogP contribution in [-0.4, -0.2) is 57.0 Å². The molecule has 160 valence electrons. The number of nitrogens with one attached hydrogen (secondary N) is 1. The van der Waals surface area contributed by atoms with Gasteiger partial charge in [0.25, 0.3) is 11.5 Å². The van der Waals surface area contributed by atoms with E-state index in [4.69, 9.17) is 4.74 Å². The average Bonchev–Trinajstić information content (AvgIpc) is 3.48. The molecular weight excluding hydrogens is 400 g/mol. The fourth-order valence-electron chi connectivity index (χ4n) is 3.69. The monoisotopic (exact) mass is 422 g/mol. The Hall–Kier alpha value is -3.75. The smallest absolute Gasteiger partial charge is 0.312 e. The number of Topliss-reactive ketones (excluding diaryl/α,β-unsaturated/α-hetero) is 1. The number of hydrogen-bond acceptors (Lipinski definition) is 6. The summed E-state index contributed by atoms with van der Waals surface area (Å²) in [5.74, 6) is -1.18. The summed E-state index contributed by atoms with van der Waals surface area (Å²) in [5, 5.41) is 5.19. The van der Waals surface area contributed by atoms with Gasteiger partial charge in [-0.05, 0) is 25.0 Å². The van der Waals surface area contributed by atoms with Crippen LogP contribution < -0.4 is 5.56 Å². The van der Waals surface area contributed by atoms with Crippen molar-refractivity contribution in [3.8, 4) is 0 Å². The summed E-state index contributed by atoms with van der Waals surface area (Å²) < 4.78 is 6.30. The fourth-order valence-corrected chi connectivity index (χ4v) is 3.69. The third-order valence-corrected chi connectivity index (χ3v) is 5.34. The number of carbonyl (C=O) groups excluding carboxylic acids is 3. The number of likely N-dealkylation sites (tertiary alicyclic amines) is 1. The van der Waals surface area contributed by atoms with Crippen LogP contribution in [0.2, 0.25) is 0 Å². The number of carbonyl (C=O) groups is 3. The van der Waals surface area contributed by atoms with E-state index in [1.54, 1.807) is 29.2 Å². The lowest BCUT2D eigenvalue weighted by Crippen LogP contribution is -2.27. The number of benzene rings is 1. The second kappa shape index (κ2) is 8.55. The largest absolute Gasteiger partial charge is 0.457 e. The van der Waals surface area contributed by atoms with Crippen molar-refractivity contribution >= 4 is 28.4 Å². The van der Waals surface area contributed by atoms with Crippen molar-refractivity contribution in [3.05, 3.63) is 63.8 Å². The number of esters is 1. The summed E-state index contributed by atoms with van der Waals surface area (Å²) in [6, 6.07) is 8.37. The van der Waals surface area contributed by atoms with Gasteiger partial charge in [-0.1, -0.05) is 18.2 Å². The highest BCUT2D eigenvalue weighted by Crippen LogP contribution is 2.15. The normalized spacial score (nSPS) is 13.5. The Kier molecular flexibility index (Phi) is 5.66. The van der Waals surface area contributed by atoms with E-state index in [0.717, 1.165) is 12.8 Å². The lowest BCUT2D eigenvalue weighted by Gasteiger charge is -2.13. The maximum Gasteiger partial charge on any atom is 0.312 e. The van der Waals surface area contributed by atoms with Gasteiger partial charge in [-0.25, -0.2) is 4.68 Å². The third kappa shape index (κ3) is 4.25. The lowest BCUT2D eigenvalue weighted by molar-refractivity contribution is -0.141. The molecule has 0 saturated carbocycles. The van der Waals surface area contributed by atoms with Gasteiger partial charge < -0.3 is 14.6 Å². The SMILES string of the molecule is Cn1nc(CC(=O)OCC(=O)c2c[nH]c(C(=O)N3CCCC3)c2)c2ccccc2c1=O. The van der Waals surface area contributed by atoms with E-state index >= 15 is 0 Å². The van der Waals surface area contributed by atoms with Gasteiger partial charge in [-0.15, -0.1) is 0 Å². The molecule has 31 heavy (non-hydrogen) atoms. The number of aryl methyl sites for hydroxylation is 1. The first kappa shape index (κ1) is 20.5. The van der Waals surface area contributed by atoms with E-state index in [-0.39, 0.29) is 23.5 Å². The van der Waals surface area contributed by atoms with Gasteiger partial charge in [0.1, 0.15) is 5.69 Å². The van der Waals surface area contributed by atoms with Crippen molar-refractivity contribution in [3.63, 3.8) is 0 Å². The molecule has 1 aliphatic heterocycles. The van der Waals surface area contributed by atoms with Crippen molar-refractivity contribution in [2.75, 3.05) is 19.7 Å². The lowest BCUT2D eigenvalue weighted by atomic mass is 10.1. The van der Waals surface area contributed by atoms with Crippen LogP contribution in [0.3, 0.4) is 0 Å². The first-order chi connectivity index (χ1) is 14.9. The summed E-state index contributed by atoms with van der Waals surface area (Å²) >= 11 is 0. The third-order valence-electron chi connectivity index (χ3n) is 5.34. The Morgan fingerprint density at radius 3 is 2.58 bits per heavy atom. The summed E-state index contributed by atoms with van der Waals surface area (Å²) in [5.41, 5.74) is 0.767. The highest BCUT2D eigenvalue weighted by molar-refractivity contribution is 6.01. The topological polar surface area (TPSA) is 114 Å². The number of nitrogens with zero attached hydrogens (tertiary/aromatic N) is 3. The van der Waals surface area contributed by atoms with E-state index in [1.165, 1.54) is 24.0 Å². The number of ketones is 1. The van der Waals surface area contributed by atoms with Gasteiger partial charge in [-0.3, -0.25) is 19.2 Å². The molecule has 3 aromatic rings. The quantitative estimate of drug-likeness (QED) is 0.475. The predicted molar refractivity (Wildman–Crippen MR) is 112 cm³/mol. The van der Waals surface area contributed by atoms with Crippen LogP contribution >= 0.6 is 0 Å². The van der Waals surface area contributed by atoms with Crippen LogP contribution in [0, 0.1) is 0 Å². The Bertz CT molecular complexity index is 1220. The number of hydrogen-bond donors (Lipinski definition) is 1. The number of H-pyrrole nitrogens is 1. The van der Waals surface area contributed by atoms with Crippen molar-refractivity contribution in [2.24, 2.45) is 7.05 Å². The first-order valence-corrected chi connectivity index (χ1v) is 10.1.